The van der Waals surface area contributed by atoms with Gasteiger partial charge < -0.3 is 4.74 Å². The van der Waals surface area contributed by atoms with Crippen LogP contribution in [0.3, 0.4) is 0 Å². The lowest BCUT2D eigenvalue weighted by Crippen LogP contribution is -2.06. The molecule has 1 rings (SSSR count). The molecule has 0 aliphatic heterocycles. The van der Waals surface area contributed by atoms with Gasteiger partial charge in [0.05, 0.1) is 13.5 Å². The molecule has 1 aromatic rings. The first kappa shape index (κ1) is 10.8. The minimum absolute atomic E-state index is 0.184. The molecular weight excluding hydrogens is 176 g/mol. The van der Waals surface area contributed by atoms with Crippen LogP contribution in [0, 0.1) is 20.8 Å². The van der Waals surface area contributed by atoms with Gasteiger partial charge >= 0.3 is 5.97 Å². The van der Waals surface area contributed by atoms with E-state index in [1.807, 2.05) is 6.92 Å². The number of esters is 1. The zero-order valence-electron chi connectivity index (χ0n) is 9.18. The molecule has 0 amide bonds. The second kappa shape index (κ2) is 4.27. The van der Waals surface area contributed by atoms with Crippen molar-refractivity contribution in [2.24, 2.45) is 0 Å². The first-order chi connectivity index (χ1) is 6.54. The van der Waals surface area contributed by atoms with E-state index in [1.54, 1.807) is 0 Å². The van der Waals surface area contributed by atoms with Crippen molar-refractivity contribution in [3.63, 3.8) is 0 Å². The van der Waals surface area contributed by atoms with Crippen molar-refractivity contribution in [3.05, 3.63) is 34.4 Å². The van der Waals surface area contributed by atoms with Crippen LogP contribution in [0.5, 0.6) is 0 Å². The Balaban J connectivity index is 2.98. The Morgan fingerprint density at radius 3 is 2.29 bits per heavy atom. The number of rotatable bonds is 2. The molecule has 0 aromatic heterocycles. The largest absolute Gasteiger partial charge is 0.469 e. The summed E-state index contributed by atoms with van der Waals surface area (Å²) in [5, 5.41) is 0. The Hall–Kier alpha value is -1.31. The fourth-order valence-corrected chi connectivity index (χ4v) is 1.44. The average Bonchev–Trinajstić information content (AvgIpc) is 2.14. The second-order valence-corrected chi connectivity index (χ2v) is 3.62. The summed E-state index contributed by atoms with van der Waals surface area (Å²) in [7, 11) is 1.42. The van der Waals surface area contributed by atoms with Crippen molar-refractivity contribution < 1.29 is 9.53 Å². The molecule has 2 nitrogen and oxygen atoms in total. The van der Waals surface area contributed by atoms with Gasteiger partial charge in [-0.1, -0.05) is 12.1 Å². The van der Waals surface area contributed by atoms with Crippen molar-refractivity contribution in [2.75, 3.05) is 7.11 Å². The van der Waals surface area contributed by atoms with Gasteiger partial charge in [0, 0.05) is 0 Å². The van der Waals surface area contributed by atoms with E-state index in [0.29, 0.717) is 6.42 Å². The minimum atomic E-state index is -0.184. The number of carbonyl (C=O) groups excluding carboxylic acids is 1. The maximum Gasteiger partial charge on any atom is 0.309 e. The van der Waals surface area contributed by atoms with Gasteiger partial charge in [0.25, 0.3) is 0 Å². The van der Waals surface area contributed by atoms with Crippen molar-refractivity contribution in [2.45, 2.75) is 27.2 Å². The summed E-state index contributed by atoms with van der Waals surface area (Å²) in [4.78, 5) is 11.1. The summed E-state index contributed by atoms with van der Waals surface area (Å²) in [6, 6.07) is 4.16. The zero-order chi connectivity index (χ0) is 10.7. The molecule has 0 atom stereocenters. The van der Waals surface area contributed by atoms with E-state index in [2.05, 4.69) is 30.7 Å². The summed E-state index contributed by atoms with van der Waals surface area (Å²) in [5.41, 5.74) is 4.68. The van der Waals surface area contributed by atoms with Crippen molar-refractivity contribution in [1.82, 2.24) is 0 Å². The molecule has 0 bridgehead atoms. The van der Waals surface area contributed by atoms with Crippen LogP contribution in [0.4, 0.5) is 0 Å². The third kappa shape index (κ3) is 2.34. The number of benzene rings is 1. The molecule has 0 radical (unpaired) electrons. The van der Waals surface area contributed by atoms with E-state index in [-0.39, 0.29) is 5.97 Å². The first-order valence-electron chi connectivity index (χ1n) is 4.68. The lowest BCUT2D eigenvalue weighted by molar-refractivity contribution is -0.139. The Kier molecular flexibility index (Phi) is 3.28. The lowest BCUT2D eigenvalue weighted by atomic mass is 9.99. The highest BCUT2D eigenvalue weighted by Gasteiger charge is 2.07. The molecular formula is C12H16O2. The van der Waals surface area contributed by atoms with Gasteiger partial charge in [-0.15, -0.1) is 0 Å². The number of carbonyl (C=O) groups is 1. The van der Waals surface area contributed by atoms with Crippen LogP contribution < -0.4 is 0 Å². The van der Waals surface area contributed by atoms with Gasteiger partial charge in [0.1, 0.15) is 0 Å². The van der Waals surface area contributed by atoms with Crippen molar-refractivity contribution in [1.29, 1.82) is 0 Å². The monoisotopic (exact) mass is 192 g/mol. The van der Waals surface area contributed by atoms with Crippen LogP contribution in [0.1, 0.15) is 22.3 Å². The highest BCUT2D eigenvalue weighted by atomic mass is 16.5. The molecule has 0 N–H and O–H groups in total. The maximum absolute atomic E-state index is 11.1. The SMILES string of the molecule is COC(=O)Cc1cc(C)c(C)cc1C. The van der Waals surface area contributed by atoms with Gasteiger partial charge in [-0.3, -0.25) is 4.79 Å². The molecule has 1 aromatic carbocycles. The summed E-state index contributed by atoms with van der Waals surface area (Å²) < 4.78 is 4.64. The lowest BCUT2D eigenvalue weighted by Gasteiger charge is -2.08. The maximum atomic E-state index is 11.1. The van der Waals surface area contributed by atoms with Crippen LogP contribution in [-0.2, 0) is 16.0 Å². The Morgan fingerprint density at radius 1 is 1.14 bits per heavy atom. The van der Waals surface area contributed by atoms with Crippen LogP contribution in [0.2, 0.25) is 0 Å². The van der Waals surface area contributed by atoms with E-state index < -0.39 is 0 Å². The molecule has 0 aliphatic carbocycles. The molecule has 14 heavy (non-hydrogen) atoms. The van der Waals surface area contributed by atoms with E-state index >= 15 is 0 Å². The van der Waals surface area contributed by atoms with Crippen molar-refractivity contribution >= 4 is 5.97 Å². The van der Waals surface area contributed by atoms with E-state index in [4.69, 9.17) is 0 Å². The Labute approximate surface area is 84.9 Å². The highest BCUT2D eigenvalue weighted by molar-refractivity contribution is 5.73. The first-order valence-corrected chi connectivity index (χ1v) is 4.68. The zero-order valence-corrected chi connectivity index (χ0v) is 9.18. The van der Waals surface area contributed by atoms with Gasteiger partial charge in [-0.25, -0.2) is 0 Å². The van der Waals surface area contributed by atoms with E-state index in [9.17, 15) is 4.79 Å². The molecule has 0 fully saturated rings. The third-order valence-corrected chi connectivity index (χ3v) is 2.51. The normalized spacial score (nSPS) is 10.0. The molecule has 0 aliphatic rings. The second-order valence-electron chi connectivity index (χ2n) is 3.62. The topological polar surface area (TPSA) is 26.3 Å². The molecule has 0 saturated carbocycles. The van der Waals surface area contributed by atoms with Crippen LogP contribution >= 0.6 is 0 Å². The standard InChI is InChI=1S/C12H16O2/c1-8-5-10(3)11(6-9(8)2)7-12(13)14-4/h5-6H,7H2,1-4H3. The molecule has 0 heterocycles. The summed E-state index contributed by atoms with van der Waals surface area (Å²) in [6.45, 7) is 6.14. The predicted octanol–water partition coefficient (Wildman–Crippen LogP) is 2.33. The fourth-order valence-electron chi connectivity index (χ4n) is 1.44. The Bertz CT molecular complexity index is 354. The average molecular weight is 192 g/mol. The quantitative estimate of drug-likeness (QED) is 0.672. The third-order valence-electron chi connectivity index (χ3n) is 2.51. The van der Waals surface area contributed by atoms with Gasteiger partial charge in [-0.2, -0.15) is 0 Å². The van der Waals surface area contributed by atoms with Crippen LogP contribution in [-0.4, -0.2) is 13.1 Å². The molecule has 0 unspecified atom stereocenters. The number of ether oxygens (including phenoxy) is 1. The van der Waals surface area contributed by atoms with Gasteiger partial charge in [0.2, 0.25) is 0 Å². The van der Waals surface area contributed by atoms with Gasteiger partial charge in [-0.05, 0) is 43.0 Å². The fraction of sp³-hybridized carbons (Fsp3) is 0.417. The highest BCUT2D eigenvalue weighted by Crippen LogP contribution is 2.15. The number of aryl methyl sites for hydroxylation is 3. The molecule has 76 valence electrons. The minimum Gasteiger partial charge on any atom is -0.469 e. The number of hydrogen-bond acceptors (Lipinski definition) is 2. The van der Waals surface area contributed by atoms with E-state index in [1.165, 1.54) is 18.2 Å². The summed E-state index contributed by atoms with van der Waals surface area (Å²) >= 11 is 0. The number of hydrogen-bond donors (Lipinski definition) is 0. The molecule has 2 heteroatoms. The smallest absolute Gasteiger partial charge is 0.309 e. The molecule has 0 spiro atoms. The Morgan fingerprint density at radius 2 is 1.71 bits per heavy atom. The summed E-state index contributed by atoms with van der Waals surface area (Å²) in [5.74, 6) is -0.184. The van der Waals surface area contributed by atoms with E-state index in [0.717, 1.165) is 11.1 Å². The number of methoxy groups -OCH3 is 1. The van der Waals surface area contributed by atoms with Crippen molar-refractivity contribution in [3.8, 4) is 0 Å². The molecule has 0 saturated heterocycles. The van der Waals surface area contributed by atoms with Crippen LogP contribution in [0.25, 0.3) is 0 Å². The van der Waals surface area contributed by atoms with Crippen LogP contribution in [0.15, 0.2) is 12.1 Å². The van der Waals surface area contributed by atoms with Gasteiger partial charge in [0.15, 0.2) is 0 Å². The summed E-state index contributed by atoms with van der Waals surface area (Å²) in [6.07, 6.45) is 0.365. The predicted molar refractivity (Wildman–Crippen MR) is 56.4 cm³/mol.